The first kappa shape index (κ1) is 49.3. The zero-order valence-electron chi connectivity index (χ0n) is 35.4. The molecule has 1 N–H and O–H groups in total. The summed E-state index contributed by atoms with van der Waals surface area (Å²) in [5.74, 6) is 0.942. The fraction of sp³-hybridized carbons (Fsp3) is 0.318. The molecule has 2 aliphatic heterocycles. The maximum absolute atomic E-state index is 12.7. The molecule has 61 heavy (non-hydrogen) atoms. The van der Waals surface area contributed by atoms with Gasteiger partial charge in [0.25, 0.3) is 0 Å². The summed E-state index contributed by atoms with van der Waals surface area (Å²) in [6.45, 7) is 11.4. The predicted molar refractivity (Wildman–Crippen MR) is 227 cm³/mol. The van der Waals surface area contributed by atoms with Crippen LogP contribution in [0.5, 0.6) is 0 Å². The molecule has 14 nitrogen and oxygen atoms in total. The van der Waals surface area contributed by atoms with E-state index in [4.69, 9.17) is 12.6 Å². The molecule has 1 amide bonds. The molecule has 17 heteroatoms. The molecule has 1 aromatic heterocycles. The molecule has 0 spiro atoms. The second-order valence-electron chi connectivity index (χ2n) is 15.4. The number of aryl methyl sites for hydroxylation is 1. The van der Waals surface area contributed by atoms with E-state index in [1.54, 1.807) is 13.0 Å². The van der Waals surface area contributed by atoms with Crippen molar-refractivity contribution in [1.29, 1.82) is 0 Å². The maximum atomic E-state index is 12.7. The Hall–Kier alpha value is -4.33. The number of carbonyl (C=O) groups is 1. The summed E-state index contributed by atoms with van der Waals surface area (Å²) < 4.78 is 63.4. The summed E-state index contributed by atoms with van der Waals surface area (Å²) in [6.07, 6.45) is 17.0. The smallest absolute Gasteiger partial charge is 0.744 e. The molecule has 3 heterocycles. The summed E-state index contributed by atoms with van der Waals surface area (Å²) in [5.41, 5.74) is 7.41. The van der Waals surface area contributed by atoms with Gasteiger partial charge in [0.05, 0.1) is 4.90 Å². The quantitative estimate of drug-likeness (QED) is 0.0486. The molecule has 0 fully saturated rings. The Bertz CT molecular complexity index is 2600. The molecule has 0 atom stereocenters. The van der Waals surface area contributed by atoms with Crippen molar-refractivity contribution in [2.24, 2.45) is 0 Å². The van der Waals surface area contributed by atoms with Crippen LogP contribution in [-0.4, -0.2) is 75.8 Å². The Morgan fingerprint density at radius 2 is 1.54 bits per heavy atom. The van der Waals surface area contributed by atoms with E-state index < -0.39 is 26.1 Å². The molecule has 3 aromatic carbocycles. The first-order valence-electron chi connectivity index (χ1n) is 19.3. The van der Waals surface area contributed by atoms with Gasteiger partial charge in [-0.1, -0.05) is 94.3 Å². The van der Waals surface area contributed by atoms with Gasteiger partial charge in [-0.3, -0.25) is 4.79 Å². The van der Waals surface area contributed by atoms with Crippen LogP contribution >= 0.6 is 0 Å². The van der Waals surface area contributed by atoms with Gasteiger partial charge in [-0.25, -0.2) is 13.0 Å². The predicted octanol–water partition coefficient (Wildman–Crippen LogP) is 3.18. The third kappa shape index (κ3) is 12.6. The van der Waals surface area contributed by atoms with Gasteiger partial charge in [0, 0.05) is 53.4 Å². The molecule has 0 bridgehead atoms. The molecule has 0 radical (unpaired) electrons. The van der Waals surface area contributed by atoms with Gasteiger partial charge in [-0.2, -0.15) is 18.2 Å². The summed E-state index contributed by atoms with van der Waals surface area (Å²) >= 11 is 0. The van der Waals surface area contributed by atoms with E-state index in [1.165, 1.54) is 29.1 Å². The zero-order chi connectivity index (χ0) is 43.7. The van der Waals surface area contributed by atoms with E-state index in [-0.39, 0.29) is 67.6 Å². The van der Waals surface area contributed by atoms with Crippen LogP contribution in [0.25, 0.3) is 11.4 Å². The van der Waals surface area contributed by atoms with Crippen molar-refractivity contribution >= 4 is 43.7 Å². The minimum Gasteiger partial charge on any atom is -0.744 e. The second-order valence-corrected chi connectivity index (χ2v) is 17.2. The van der Waals surface area contributed by atoms with Crippen molar-refractivity contribution in [1.82, 2.24) is 25.7 Å². The molecule has 2 aliphatic rings. The first-order chi connectivity index (χ1) is 28.4. The van der Waals surface area contributed by atoms with Gasteiger partial charge < -0.3 is 14.8 Å². The fourth-order valence-corrected chi connectivity index (χ4v) is 7.94. The zero-order valence-corrected chi connectivity index (χ0v) is 40.2. The van der Waals surface area contributed by atoms with Crippen LogP contribution in [0.15, 0.2) is 114 Å². The Balaban J connectivity index is 0.00000157. The number of aromatic nitrogens is 4. The van der Waals surface area contributed by atoms with Crippen molar-refractivity contribution in [3.8, 4) is 11.4 Å². The molecule has 0 saturated carbocycles. The normalized spacial score (nSPS) is 15.8. The topological polar surface area (TPSA) is 195 Å². The van der Waals surface area contributed by atoms with Gasteiger partial charge in [0.15, 0.2) is 11.5 Å². The van der Waals surface area contributed by atoms with Crippen LogP contribution in [-0.2, 0) is 42.9 Å². The third-order valence-electron chi connectivity index (χ3n) is 10.5. The SMILES string of the molecule is Cc1nnc(-c2ccc(CNC(=O)CCCCCN3C(=CC=CC=CC=CC4=[N+](C)c5cc[c-]cc5C4(C)C)C(C)(C)c4cc(S(=O)(=O)[O-])ccc43)cc2)nn1.O=S(=O)=O.[K+]. The average Bonchev–Trinajstić information content (AvgIpc) is 3.53. The van der Waals surface area contributed by atoms with E-state index in [0.29, 0.717) is 31.2 Å². The van der Waals surface area contributed by atoms with Crippen LogP contribution < -0.4 is 61.6 Å². The minimum absolute atomic E-state index is 0. The molecule has 0 unspecified atom stereocenters. The number of nitrogens with zero attached hydrogens (tertiary/aromatic N) is 6. The van der Waals surface area contributed by atoms with Crippen molar-refractivity contribution < 1.29 is 86.4 Å². The van der Waals surface area contributed by atoms with Crippen molar-refractivity contribution in [2.45, 2.75) is 82.6 Å². The van der Waals surface area contributed by atoms with E-state index in [0.717, 1.165) is 47.3 Å². The number of amides is 1. The molecule has 6 rings (SSSR count). The Kier molecular flexibility index (Phi) is 17.5. The number of carbonyl (C=O) groups excluding carboxylic acids is 1. The Morgan fingerprint density at radius 1 is 0.885 bits per heavy atom. The Morgan fingerprint density at radius 3 is 2.20 bits per heavy atom. The van der Waals surface area contributed by atoms with Crippen molar-refractivity contribution in [3.05, 3.63) is 137 Å². The maximum Gasteiger partial charge on any atom is 1.00 e. The third-order valence-corrected chi connectivity index (χ3v) is 11.4. The van der Waals surface area contributed by atoms with Gasteiger partial charge in [-0.15, -0.1) is 39.1 Å². The van der Waals surface area contributed by atoms with Crippen LogP contribution in [0.1, 0.15) is 75.9 Å². The first-order valence-corrected chi connectivity index (χ1v) is 21.7. The van der Waals surface area contributed by atoms with E-state index >= 15 is 0 Å². The summed E-state index contributed by atoms with van der Waals surface area (Å²) in [6, 6.07) is 21.6. The van der Waals surface area contributed by atoms with Gasteiger partial charge in [0.1, 0.15) is 22.9 Å². The van der Waals surface area contributed by atoms with Crippen molar-refractivity contribution in [2.75, 3.05) is 18.5 Å². The number of allylic oxidation sites excluding steroid dienone is 8. The fourth-order valence-electron chi connectivity index (χ4n) is 7.45. The number of unbranched alkanes of at least 4 members (excludes halogenated alkanes) is 2. The summed E-state index contributed by atoms with van der Waals surface area (Å²) in [4.78, 5) is 14.6. The van der Waals surface area contributed by atoms with Crippen LogP contribution in [0, 0.1) is 13.0 Å². The Labute approximate surface area is 401 Å². The molecular weight excluding hydrogens is 842 g/mol. The summed E-state index contributed by atoms with van der Waals surface area (Å²) in [5, 5.41) is 19.0. The van der Waals surface area contributed by atoms with Crippen LogP contribution in [0.2, 0.25) is 0 Å². The number of hydrogen-bond donors (Lipinski definition) is 1. The molecule has 314 valence electrons. The minimum atomic E-state index is -4.61. The van der Waals surface area contributed by atoms with Gasteiger partial charge in [-0.05, 0) is 55.2 Å². The molecule has 0 aliphatic carbocycles. The molecular formula is C44H48KN7O7S2. The van der Waals surface area contributed by atoms with Crippen molar-refractivity contribution in [3.63, 3.8) is 0 Å². The van der Waals surface area contributed by atoms with Gasteiger partial charge >= 0.3 is 62.0 Å². The standard InChI is InChI=1S/C44H49N7O4S.K.O3S/c1-31-46-48-42(49-47-31)33-24-22-32(23-25-33)30-45-41(52)21-13-10-16-28-51-38-27-26-34(56(53,54)55)29-36(38)44(4,5)40(51)20-12-9-7-8-11-19-39-43(2,3)35-17-14-15-18-37(35)50(39)6;;1-4(2)3/h7-9,11-12,15,17-20,22-27,29H,10,13,16,21,28,30H2,1-6H3,(H,45,52)(H,53,54,55);;/q;+1;/p-1. The number of hydrogen-bond acceptors (Lipinski definition) is 12. The average molecular weight is 890 g/mol. The van der Waals surface area contributed by atoms with Crippen LogP contribution in [0.4, 0.5) is 11.4 Å². The number of fused-ring (bicyclic) bond motifs is 2. The monoisotopic (exact) mass is 889 g/mol. The number of anilines is 1. The van der Waals surface area contributed by atoms with E-state index in [2.05, 4.69) is 86.4 Å². The summed E-state index contributed by atoms with van der Waals surface area (Å²) in [7, 11) is -5.64. The number of benzene rings is 3. The molecule has 4 aromatic rings. The van der Waals surface area contributed by atoms with Gasteiger partial charge in [0.2, 0.25) is 11.7 Å². The number of nitrogens with one attached hydrogen (secondary N) is 1. The van der Waals surface area contributed by atoms with E-state index in [1.807, 2.05) is 74.6 Å². The van der Waals surface area contributed by atoms with Crippen LogP contribution in [0.3, 0.4) is 0 Å². The van der Waals surface area contributed by atoms with E-state index in [9.17, 15) is 17.8 Å². The number of rotatable bonds is 14. The largest absolute Gasteiger partial charge is 1.00 e. The second kappa shape index (κ2) is 21.6. The molecule has 0 saturated heterocycles.